The highest BCUT2D eigenvalue weighted by Crippen LogP contribution is 2.37. The molecule has 0 radical (unpaired) electrons. The van der Waals surface area contributed by atoms with Crippen molar-refractivity contribution >= 4 is 5.57 Å². The first-order chi connectivity index (χ1) is 13.2. The molecular weight excluding hydrogens is 348 g/mol. The lowest BCUT2D eigenvalue weighted by molar-refractivity contribution is -0.0133. The summed E-state index contributed by atoms with van der Waals surface area (Å²) in [6.45, 7) is 6.42. The molecule has 1 aliphatic carbocycles. The lowest BCUT2D eigenvalue weighted by atomic mass is 9.77. The third-order valence-electron chi connectivity index (χ3n) is 4.63. The van der Waals surface area contributed by atoms with Crippen LogP contribution in [0.15, 0.2) is 18.3 Å². The van der Waals surface area contributed by atoms with Crippen LogP contribution in [-0.4, -0.2) is 68.4 Å². The van der Waals surface area contributed by atoms with Gasteiger partial charge in [-0.15, -0.1) is 0 Å². The zero-order valence-corrected chi connectivity index (χ0v) is 16.5. The van der Waals surface area contributed by atoms with E-state index in [4.69, 9.17) is 18.9 Å². The molecule has 1 N–H and O–H groups in total. The second-order valence-electron chi connectivity index (χ2n) is 7.04. The van der Waals surface area contributed by atoms with Gasteiger partial charge in [-0.25, -0.2) is 9.97 Å². The van der Waals surface area contributed by atoms with E-state index < -0.39 is 0 Å². The highest BCUT2D eigenvalue weighted by Gasteiger charge is 2.28. The highest BCUT2D eigenvalue weighted by atomic mass is 16.6. The summed E-state index contributed by atoms with van der Waals surface area (Å²) < 4.78 is 21.5. The molecule has 1 heterocycles. The van der Waals surface area contributed by atoms with Crippen LogP contribution in [0.2, 0.25) is 0 Å². The van der Waals surface area contributed by atoms with Crippen molar-refractivity contribution in [3.05, 3.63) is 29.9 Å². The van der Waals surface area contributed by atoms with Gasteiger partial charge >= 0.3 is 0 Å². The van der Waals surface area contributed by atoms with Crippen LogP contribution in [-0.2, 0) is 25.6 Å². The van der Waals surface area contributed by atoms with Crippen LogP contribution in [0.1, 0.15) is 37.7 Å². The normalized spacial score (nSPS) is 19.9. The number of methoxy groups -OCH3 is 1. The summed E-state index contributed by atoms with van der Waals surface area (Å²) in [4.78, 5) is 8.73. The molecule has 7 heteroatoms. The van der Waals surface area contributed by atoms with Gasteiger partial charge in [-0.2, -0.15) is 0 Å². The Kier molecular flexibility index (Phi) is 9.86. The Morgan fingerprint density at radius 3 is 2.41 bits per heavy atom. The van der Waals surface area contributed by atoms with Crippen molar-refractivity contribution < 1.29 is 24.1 Å². The highest BCUT2D eigenvalue weighted by molar-refractivity contribution is 5.60. The third-order valence-corrected chi connectivity index (χ3v) is 4.63. The second-order valence-corrected chi connectivity index (χ2v) is 7.04. The summed E-state index contributed by atoms with van der Waals surface area (Å²) in [5.41, 5.74) is 1.93. The van der Waals surface area contributed by atoms with Gasteiger partial charge in [-0.05, 0) is 36.3 Å². The molecule has 0 saturated carbocycles. The van der Waals surface area contributed by atoms with E-state index in [1.807, 2.05) is 0 Å². The number of aliphatic hydroxyl groups is 1. The first kappa shape index (κ1) is 21.9. The fourth-order valence-electron chi connectivity index (χ4n) is 2.88. The second kappa shape index (κ2) is 12.2. The van der Waals surface area contributed by atoms with Crippen molar-refractivity contribution in [1.82, 2.24) is 9.97 Å². The molecule has 0 unspecified atom stereocenters. The zero-order valence-electron chi connectivity index (χ0n) is 16.5. The van der Waals surface area contributed by atoms with Crippen LogP contribution in [0.5, 0.6) is 0 Å². The summed E-state index contributed by atoms with van der Waals surface area (Å²) in [6, 6.07) is 1.73. The monoisotopic (exact) mass is 380 g/mol. The molecule has 27 heavy (non-hydrogen) atoms. The molecule has 1 aromatic heterocycles. The summed E-state index contributed by atoms with van der Waals surface area (Å²) in [5, 5.41) is 9.22. The number of aliphatic hydroxyl groups excluding tert-OH is 1. The maximum atomic E-state index is 9.22. The lowest BCUT2D eigenvalue weighted by Crippen LogP contribution is -2.26. The third kappa shape index (κ3) is 8.02. The van der Waals surface area contributed by atoms with Crippen molar-refractivity contribution in [2.24, 2.45) is 5.41 Å². The van der Waals surface area contributed by atoms with Crippen LogP contribution in [0.4, 0.5) is 0 Å². The average molecular weight is 380 g/mol. The first-order valence-electron chi connectivity index (χ1n) is 9.51. The summed E-state index contributed by atoms with van der Waals surface area (Å²) in [5.74, 6) is 0.727. The maximum absolute atomic E-state index is 9.22. The Labute approximate surface area is 161 Å². The van der Waals surface area contributed by atoms with E-state index in [0.717, 1.165) is 30.7 Å². The van der Waals surface area contributed by atoms with Crippen molar-refractivity contribution in [1.29, 1.82) is 0 Å². The molecule has 0 saturated heterocycles. The molecule has 0 spiro atoms. The quantitative estimate of drug-likeness (QED) is 0.526. The topological polar surface area (TPSA) is 82.9 Å². The van der Waals surface area contributed by atoms with Gasteiger partial charge in [-0.3, -0.25) is 0 Å². The SMILES string of the molecule is COCCOCCOCCOC[C@]1(C)CC=C(c2nccc(CO)n2)CC1. The Morgan fingerprint density at radius 2 is 1.78 bits per heavy atom. The lowest BCUT2D eigenvalue weighted by Gasteiger charge is -2.32. The number of ether oxygens (including phenoxy) is 4. The van der Waals surface area contributed by atoms with Crippen molar-refractivity contribution in [2.45, 2.75) is 32.8 Å². The summed E-state index contributed by atoms with van der Waals surface area (Å²) in [6.07, 6.45) is 6.79. The van der Waals surface area contributed by atoms with E-state index in [1.165, 1.54) is 0 Å². The number of allylic oxidation sites excluding steroid dienone is 2. The van der Waals surface area contributed by atoms with Crippen LogP contribution in [0.3, 0.4) is 0 Å². The van der Waals surface area contributed by atoms with Crippen molar-refractivity contribution in [2.75, 3.05) is 53.4 Å². The fourth-order valence-corrected chi connectivity index (χ4v) is 2.88. The van der Waals surface area contributed by atoms with E-state index in [9.17, 15) is 5.11 Å². The van der Waals surface area contributed by atoms with E-state index in [1.54, 1.807) is 19.4 Å². The minimum absolute atomic E-state index is 0.0598. The molecule has 0 amide bonds. The van der Waals surface area contributed by atoms with Gasteiger partial charge in [0, 0.05) is 13.3 Å². The molecule has 0 bridgehead atoms. The van der Waals surface area contributed by atoms with Gasteiger partial charge < -0.3 is 24.1 Å². The Balaban J connectivity index is 1.62. The maximum Gasteiger partial charge on any atom is 0.155 e. The predicted octanol–water partition coefficient (Wildman–Crippen LogP) is 2.24. The molecular formula is C20H32N2O5. The molecule has 7 nitrogen and oxygen atoms in total. The van der Waals surface area contributed by atoms with Gasteiger partial charge in [-0.1, -0.05) is 13.0 Å². The largest absolute Gasteiger partial charge is 0.390 e. The number of nitrogens with zero attached hydrogens (tertiary/aromatic N) is 2. The number of aromatic nitrogens is 2. The van der Waals surface area contributed by atoms with Gasteiger partial charge in [0.05, 0.1) is 58.5 Å². The molecule has 1 aromatic rings. The Bertz CT molecular complexity index is 581. The van der Waals surface area contributed by atoms with Gasteiger partial charge in [0.25, 0.3) is 0 Å². The molecule has 0 aromatic carbocycles. The number of hydrogen-bond acceptors (Lipinski definition) is 7. The summed E-state index contributed by atoms with van der Waals surface area (Å²) >= 11 is 0. The van der Waals surface area contributed by atoms with Crippen LogP contribution in [0.25, 0.3) is 5.57 Å². The zero-order chi connectivity index (χ0) is 19.4. The number of rotatable bonds is 13. The molecule has 1 atom stereocenters. The van der Waals surface area contributed by atoms with Gasteiger partial charge in [0.15, 0.2) is 5.82 Å². The van der Waals surface area contributed by atoms with E-state index in [-0.39, 0.29) is 12.0 Å². The molecule has 152 valence electrons. The molecule has 1 aliphatic rings. The molecule has 2 rings (SSSR count). The Hall–Kier alpha value is -1.38. The smallest absolute Gasteiger partial charge is 0.155 e. The molecule has 0 fully saturated rings. The van der Waals surface area contributed by atoms with Gasteiger partial charge in [0.2, 0.25) is 0 Å². The minimum Gasteiger partial charge on any atom is -0.390 e. The minimum atomic E-state index is -0.0598. The first-order valence-corrected chi connectivity index (χ1v) is 9.51. The van der Waals surface area contributed by atoms with E-state index in [2.05, 4.69) is 23.0 Å². The van der Waals surface area contributed by atoms with E-state index in [0.29, 0.717) is 51.9 Å². The van der Waals surface area contributed by atoms with E-state index >= 15 is 0 Å². The van der Waals surface area contributed by atoms with Crippen LogP contribution in [0, 0.1) is 5.41 Å². The Morgan fingerprint density at radius 1 is 1.07 bits per heavy atom. The van der Waals surface area contributed by atoms with Crippen LogP contribution >= 0.6 is 0 Å². The van der Waals surface area contributed by atoms with Gasteiger partial charge in [0.1, 0.15) is 0 Å². The fraction of sp³-hybridized carbons (Fsp3) is 0.700. The molecule has 0 aliphatic heterocycles. The van der Waals surface area contributed by atoms with Crippen molar-refractivity contribution in [3.63, 3.8) is 0 Å². The predicted molar refractivity (Wildman–Crippen MR) is 102 cm³/mol. The average Bonchev–Trinajstić information content (AvgIpc) is 2.70. The van der Waals surface area contributed by atoms with Crippen LogP contribution < -0.4 is 0 Å². The van der Waals surface area contributed by atoms with Crippen molar-refractivity contribution in [3.8, 4) is 0 Å². The standard InChI is InChI=1S/C20H32N2O5/c1-20(16-27-14-13-26-12-11-25-10-9-24-2)6-3-17(4-7-20)19-21-8-5-18(15-23)22-19/h3,5,8,23H,4,6-7,9-16H2,1-2H3/t20-/m1/s1. The number of hydrogen-bond donors (Lipinski definition) is 1. The summed E-state index contributed by atoms with van der Waals surface area (Å²) in [7, 11) is 1.66.